The van der Waals surface area contributed by atoms with E-state index in [0.29, 0.717) is 23.7 Å². The van der Waals surface area contributed by atoms with Gasteiger partial charge in [-0.2, -0.15) is 0 Å². The second-order valence-electron chi connectivity index (χ2n) is 10.3. The number of halogens is 2. The van der Waals surface area contributed by atoms with Crippen molar-refractivity contribution in [3.8, 4) is 21.7 Å². The van der Waals surface area contributed by atoms with Gasteiger partial charge in [-0.25, -0.2) is 9.37 Å². The van der Waals surface area contributed by atoms with Crippen molar-refractivity contribution in [3.05, 3.63) is 99.8 Å². The van der Waals surface area contributed by atoms with Crippen molar-refractivity contribution in [3.63, 3.8) is 0 Å². The van der Waals surface area contributed by atoms with Crippen molar-refractivity contribution in [2.75, 3.05) is 13.1 Å². The zero-order valence-corrected chi connectivity index (χ0v) is 24.1. The van der Waals surface area contributed by atoms with Crippen molar-refractivity contribution in [1.29, 1.82) is 0 Å². The Morgan fingerprint density at radius 1 is 1.02 bits per heavy atom. The summed E-state index contributed by atoms with van der Waals surface area (Å²) >= 11 is 7.86. The smallest absolute Gasteiger partial charge is 0.245 e. The van der Waals surface area contributed by atoms with E-state index in [-0.39, 0.29) is 30.0 Å². The van der Waals surface area contributed by atoms with Crippen LogP contribution in [0.5, 0.6) is 0 Å². The number of likely N-dealkylation sites (tertiary alicyclic amines) is 1. The third kappa shape index (κ3) is 6.43. The van der Waals surface area contributed by atoms with Crippen molar-refractivity contribution in [2.24, 2.45) is 0 Å². The molecule has 0 aliphatic carbocycles. The van der Waals surface area contributed by atoms with Gasteiger partial charge in [0.25, 0.3) is 0 Å². The van der Waals surface area contributed by atoms with Crippen LogP contribution >= 0.6 is 22.9 Å². The molecule has 5 rings (SSSR count). The number of amides is 2. The van der Waals surface area contributed by atoms with E-state index in [9.17, 15) is 14.0 Å². The van der Waals surface area contributed by atoms with Crippen molar-refractivity contribution >= 4 is 34.8 Å². The first-order valence-corrected chi connectivity index (χ1v) is 14.6. The maximum absolute atomic E-state index is 14.3. The minimum atomic E-state index is -0.810. The molecule has 0 saturated carbocycles. The summed E-state index contributed by atoms with van der Waals surface area (Å²) < 4.78 is 14.3. The Labute approximate surface area is 243 Å². The second-order valence-corrected chi connectivity index (χ2v) is 11.7. The molecule has 0 spiro atoms. The number of piperidine rings is 1. The number of benzene rings is 3. The van der Waals surface area contributed by atoms with Gasteiger partial charge in [0.1, 0.15) is 11.9 Å². The first-order chi connectivity index (χ1) is 19.3. The molecule has 1 N–H and O–H groups in total. The highest BCUT2D eigenvalue weighted by atomic mass is 35.5. The van der Waals surface area contributed by atoms with Gasteiger partial charge in [-0.3, -0.25) is 9.59 Å². The number of thiazole rings is 1. The third-order valence-electron chi connectivity index (χ3n) is 7.29. The summed E-state index contributed by atoms with van der Waals surface area (Å²) in [6.45, 7) is 4.54. The highest BCUT2D eigenvalue weighted by Gasteiger charge is 2.31. The highest BCUT2D eigenvalue weighted by molar-refractivity contribution is 7.15. The summed E-state index contributed by atoms with van der Waals surface area (Å²) in [5.74, 6) is -0.664. The van der Waals surface area contributed by atoms with Gasteiger partial charge < -0.3 is 10.2 Å². The monoisotopic (exact) mass is 575 g/mol. The molecule has 206 valence electrons. The van der Waals surface area contributed by atoms with Crippen LogP contribution in [0.2, 0.25) is 5.02 Å². The number of aromatic nitrogens is 1. The number of nitrogens with zero attached hydrogens (tertiary/aromatic N) is 2. The molecule has 0 bridgehead atoms. The van der Waals surface area contributed by atoms with Gasteiger partial charge in [-0.05, 0) is 49.1 Å². The number of hydrogen-bond acceptors (Lipinski definition) is 4. The van der Waals surface area contributed by atoms with Crippen LogP contribution in [-0.4, -0.2) is 40.8 Å². The van der Waals surface area contributed by atoms with Gasteiger partial charge in [0.05, 0.1) is 15.6 Å². The number of hydrogen-bond donors (Lipinski definition) is 1. The van der Waals surface area contributed by atoms with Crippen molar-refractivity contribution < 1.29 is 14.0 Å². The summed E-state index contributed by atoms with van der Waals surface area (Å²) in [6, 6.07) is 21.8. The normalized spacial score (nSPS) is 14.7. The second kappa shape index (κ2) is 12.3. The molecule has 1 fully saturated rings. The molecule has 1 aliphatic rings. The fourth-order valence-electron chi connectivity index (χ4n) is 5.11. The predicted molar refractivity (Wildman–Crippen MR) is 159 cm³/mol. The van der Waals surface area contributed by atoms with E-state index in [1.807, 2.05) is 24.3 Å². The van der Waals surface area contributed by atoms with E-state index in [4.69, 9.17) is 16.6 Å². The van der Waals surface area contributed by atoms with E-state index in [1.165, 1.54) is 18.6 Å². The average Bonchev–Trinajstić information content (AvgIpc) is 3.39. The Morgan fingerprint density at radius 3 is 2.33 bits per heavy atom. The standard InChI is InChI=1S/C32H31ClFN3O2S/c1-20-7-9-23(10-8-20)30-29(22-11-13-26(33)14-12-22)36-31(40-30)24-15-17-37(18-16-24)32(39)28(35-21(2)38)19-25-5-3-4-6-27(25)34/h3-14,24,28H,15-19H2,1-2H3,(H,35,38). The van der Waals surface area contributed by atoms with Crippen LogP contribution in [0.25, 0.3) is 21.7 Å². The molecule has 4 aromatic rings. The first-order valence-electron chi connectivity index (χ1n) is 13.4. The Hall–Kier alpha value is -3.55. The van der Waals surface area contributed by atoms with E-state index in [1.54, 1.807) is 34.4 Å². The van der Waals surface area contributed by atoms with Gasteiger partial charge in [-0.1, -0.05) is 71.8 Å². The van der Waals surface area contributed by atoms with Crippen LogP contribution in [0.1, 0.15) is 41.8 Å². The van der Waals surface area contributed by atoms with Crippen LogP contribution in [0.4, 0.5) is 4.39 Å². The zero-order valence-electron chi connectivity index (χ0n) is 22.5. The third-order valence-corrected chi connectivity index (χ3v) is 8.81. The van der Waals surface area contributed by atoms with Gasteiger partial charge in [-0.15, -0.1) is 11.3 Å². The number of aryl methyl sites for hydroxylation is 1. The lowest BCUT2D eigenvalue weighted by Crippen LogP contribution is -2.51. The molecular formula is C32H31ClFN3O2S. The Bertz CT molecular complexity index is 1430. The quantitative estimate of drug-likeness (QED) is 0.257. The van der Waals surface area contributed by atoms with E-state index in [0.717, 1.165) is 39.5 Å². The lowest BCUT2D eigenvalue weighted by molar-refractivity contribution is -0.137. The molecule has 2 heterocycles. The fourth-order valence-corrected chi connectivity index (χ4v) is 6.50. The molecule has 40 heavy (non-hydrogen) atoms. The molecule has 0 radical (unpaired) electrons. The van der Waals surface area contributed by atoms with E-state index >= 15 is 0 Å². The van der Waals surface area contributed by atoms with Crippen LogP contribution in [-0.2, 0) is 16.0 Å². The molecular weight excluding hydrogens is 545 g/mol. The average molecular weight is 576 g/mol. The molecule has 1 unspecified atom stereocenters. The summed E-state index contributed by atoms with van der Waals surface area (Å²) in [6.07, 6.45) is 1.64. The fraction of sp³-hybridized carbons (Fsp3) is 0.281. The largest absolute Gasteiger partial charge is 0.344 e. The number of carbonyl (C=O) groups is 2. The Kier molecular flexibility index (Phi) is 8.62. The zero-order chi connectivity index (χ0) is 28.2. The molecule has 3 aromatic carbocycles. The molecule has 5 nitrogen and oxygen atoms in total. The predicted octanol–water partition coefficient (Wildman–Crippen LogP) is 7.03. The first kappa shape index (κ1) is 28.0. The summed E-state index contributed by atoms with van der Waals surface area (Å²) in [7, 11) is 0. The molecule has 1 atom stereocenters. The van der Waals surface area contributed by atoms with E-state index < -0.39 is 6.04 Å². The minimum Gasteiger partial charge on any atom is -0.344 e. The number of carbonyl (C=O) groups excluding carboxylic acids is 2. The van der Waals surface area contributed by atoms with Crippen molar-refractivity contribution in [1.82, 2.24) is 15.2 Å². The van der Waals surface area contributed by atoms with Crippen LogP contribution in [0.15, 0.2) is 72.8 Å². The molecule has 8 heteroatoms. The topological polar surface area (TPSA) is 62.3 Å². The Balaban J connectivity index is 1.34. The molecule has 1 aliphatic heterocycles. The van der Waals surface area contributed by atoms with E-state index in [2.05, 4.69) is 36.5 Å². The number of nitrogens with one attached hydrogen (secondary N) is 1. The van der Waals surface area contributed by atoms with Crippen LogP contribution in [0.3, 0.4) is 0 Å². The maximum Gasteiger partial charge on any atom is 0.245 e. The highest BCUT2D eigenvalue weighted by Crippen LogP contribution is 2.42. The lowest BCUT2D eigenvalue weighted by atomic mass is 9.96. The van der Waals surface area contributed by atoms with Crippen molar-refractivity contribution in [2.45, 2.75) is 45.1 Å². The Morgan fingerprint density at radius 2 is 1.68 bits per heavy atom. The summed E-state index contributed by atoms with van der Waals surface area (Å²) in [5, 5.41) is 4.47. The lowest BCUT2D eigenvalue weighted by Gasteiger charge is -2.33. The summed E-state index contributed by atoms with van der Waals surface area (Å²) in [5.41, 5.74) is 4.69. The molecule has 1 saturated heterocycles. The minimum absolute atomic E-state index is 0.113. The van der Waals surface area contributed by atoms with Gasteiger partial charge in [0.15, 0.2) is 0 Å². The van der Waals surface area contributed by atoms with Gasteiger partial charge in [0.2, 0.25) is 11.8 Å². The van der Waals surface area contributed by atoms with Gasteiger partial charge in [0, 0.05) is 42.9 Å². The number of rotatable bonds is 7. The maximum atomic E-state index is 14.3. The summed E-state index contributed by atoms with van der Waals surface area (Å²) in [4.78, 5) is 33.3. The SMILES string of the molecule is CC(=O)NC(Cc1ccccc1F)C(=O)N1CCC(c2nc(-c3ccc(Cl)cc3)c(-c3ccc(C)cc3)s2)CC1. The van der Waals surface area contributed by atoms with Crippen LogP contribution in [0, 0.1) is 12.7 Å². The molecule has 2 amide bonds. The molecule has 1 aromatic heterocycles. The van der Waals surface area contributed by atoms with Gasteiger partial charge >= 0.3 is 0 Å². The van der Waals surface area contributed by atoms with Crippen LogP contribution < -0.4 is 5.32 Å².